The number of anilines is 1. The maximum absolute atomic E-state index is 14.1. The van der Waals surface area contributed by atoms with Gasteiger partial charge in [0.2, 0.25) is 0 Å². The van der Waals surface area contributed by atoms with E-state index in [2.05, 4.69) is 4.98 Å². The monoisotopic (exact) mass is 372 g/mol. The zero-order valence-electron chi connectivity index (χ0n) is 15.5. The van der Waals surface area contributed by atoms with Crippen LogP contribution in [-0.4, -0.2) is 38.1 Å². The highest BCUT2D eigenvalue weighted by Crippen LogP contribution is 2.31. The maximum atomic E-state index is 14.1. The first-order chi connectivity index (χ1) is 12.4. The maximum Gasteiger partial charge on any atom is 0.260 e. The summed E-state index contributed by atoms with van der Waals surface area (Å²) >= 11 is 1.35. The van der Waals surface area contributed by atoms with Crippen LogP contribution in [0.25, 0.3) is 10.2 Å². The fourth-order valence-electron chi connectivity index (χ4n) is 2.75. The van der Waals surface area contributed by atoms with Gasteiger partial charge >= 0.3 is 0 Å². The van der Waals surface area contributed by atoms with Crippen molar-refractivity contribution in [1.82, 2.24) is 4.98 Å². The van der Waals surface area contributed by atoms with Gasteiger partial charge < -0.3 is 4.90 Å². The number of quaternary nitrogens is 1. The van der Waals surface area contributed by atoms with Gasteiger partial charge in [-0.05, 0) is 37.6 Å². The van der Waals surface area contributed by atoms with Crippen molar-refractivity contribution in [2.75, 3.05) is 32.1 Å². The molecule has 0 atom stereocenters. The van der Waals surface area contributed by atoms with Crippen LogP contribution in [0, 0.1) is 19.7 Å². The van der Waals surface area contributed by atoms with E-state index in [1.165, 1.54) is 22.3 Å². The number of aryl methyl sites for hydroxylation is 2. The number of nitrogens with one attached hydrogen (secondary N) is 1. The highest BCUT2D eigenvalue weighted by Gasteiger charge is 2.24. The highest BCUT2D eigenvalue weighted by molar-refractivity contribution is 7.22. The normalized spacial score (nSPS) is 11.3. The molecule has 136 valence electrons. The number of benzene rings is 2. The van der Waals surface area contributed by atoms with Crippen LogP contribution in [-0.2, 0) is 0 Å². The number of thiazole rings is 1. The lowest BCUT2D eigenvalue weighted by atomic mass is 10.0. The molecule has 0 saturated carbocycles. The number of hydrogen-bond acceptors (Lipinski definition) is 3. The van der Waals surface area contributed by atoms with Crippen LogP contribution in [0.4, 0.5) is 9.52 Å². The molecule has 0 aliphatic rings. The molecule has 0 aliphatic heterocycles. The Morgan fingerprint density at radius 3 is 2.69 bits per heavy atom. The van der Waals surface area contributed by atoms with Crippen molar-refractivity contribution in [3.63, 3.8) is 0 Å². The number of amides is 1. The molecule has 0 aliphatic carbocycles. The summed E-state index contributed by atoms with van der Waals surface area (Å²) in [5, 5.41) is 0.539. The van der Waals surface area contributed by atoms with Gasteiger partial charge in [-0.1, -0.05) is 35.1 Å². The number of likely N-dealkylation sites (N-methyl/N-ethyl adjacent to an activating group) is 1. The van der Waals surface area contributed by atoms with Gasteiger partial charge in [0, 0.05) is 5.56 Å². The molecule has 1 heterocycles. The van der Waals surface area contributed by atoms with Gasteiger partial charge in [0.15, 0.2) is 5.13 Å². The molecule has 0 fully saturated rings. The lowest BCUT2D eigenvalue weighted by molar-refractivity contribution is -0.856. The SMILES string of the molecule is Cc1ccc(C)c(C(=O)N(CC[NH+](C)C)c2nc3c(F)cccc3s2)c1. The minimum absolute atomic E-state index is 0.0908. The van der Waals surface area contributed by atoms with Crippen molar-refractivity contribution in [2.45, 2.75) is 13.8 Å². The number of carbonyl (C=O) groups is 1. The number of aromatic nitrogens is 1. The van der Waals surface area contributed by atoms with Crippen LogP contribution >= 0.6 is 11.3 Å². The Balaban J connectivity index is 2.04. The van der Waals surface area contributed by atoms with E-state index >= 15 is 0 Å². The summed E-state index contributed by atoms with van der Waals surface area (Å²) < 4.78 is 14.8. The average molecular weight is 372 g/mol. The first-order valence-electron chi connectivity index (χ1n) is 8.60. The fraction of sp³-hybridized carbons (Fsp3) is 0.300. The summed E-state index contributed by atoms with van der Waals surface area (Å²) in [6.45, 7) is 5.20. The van der Waals surface area contributed by atoms with Crippen molar-refractivity contribution in [1.29, 1.82) is 0 Å². The number of fused-ring (bicyclic) bond motifs is 1. The first kappa shape index (κ1) is 18.5. The lowest BCUT2D eigenvalue weighted by Crippen LogP contribution is -3.06. The average Bonchev–Trinajstić information content (AvgIpc) is 3.02. The van der Waals surface area contributed by atoms with E-state index in [1.807, 2.05) is 52.2 Å². The topological polar surface area (TPSA) is 37.6 Å². The fourth-order valence-corrected chi connectivity index (χ4v) is 3.75. The van der Waals surface area contributed by atoms with E-state index in [-0.39, 0.29) is 11.7 Å². The zero-order chi connectivity index (χ0) is 18.8. The van der Waals surface area contributed by atoms with E-state index in [4.69, 9.17) is 0 Å². The van der Waals surface area contributed by atoms with Gasteiger partial charge in [-0.15, -0.1) is 0 Å². The molecule has 3 aromatic rings. The zero-order valence-corrected chi connectivity index (χ0v) is 16.3. The third-order valence-corrected chi connectivity index (χ3v) is 5.34. The minimum Gasteiger partial charge on any atom is -0.338 e. The van der Waals surface area contributed by atoms with Crippen LogP contribution in [0.5, 0.6) is 0 Å². The number of halogens is 1. The largest absolute Gasteiger partial charge is 0.338 e. The molecule has 1 amide bonds. The predicted octanol–water partition coefficient (Wildman–Crippen LogP) is 2.84. The minimum atomic E-state index is -0.359. The third kappa shape index (κ3) is 3.76. The molecule has 2 aromatic carbocycles. The number of nitrogens with zero attached hydrogens (tertiary/aromatic N) is 2. The van der Waals surface area contributed by atoms with Crippen molar-refractivity contribution >= 4 is 32.6 Å². The predicted molar refractivity (Wildman–Crippen MR) is 105 cm³/mol. The Hall–Kier alpha value is -2.31. The second kappa shape index (κ2) is 7.51. The number of carbonyl (C=O) groups excluding carboxylic acids is 1. The molecule has 3 rings (SSSR count). The molecule has 0 unspecified atom stereocenters. The Kier molecular flexibility index (Phi) is 5.34. The molecule has 1 aromatic heterocycles. The summed E-state index contributed by atoms with van der Waals surface area (Å²) in [4.78, 5) is 20.6. The number of hydrogen-bond donors (Lipinski definition) is 1. The van der Waals surface area contributed by atoms with Crippen LogP contribution in [0.15, 0.2) is 36.4 Å². The molecule has 6 heteroatoms. The van der Waals surface area contributed by atoms with Crippen LogP contribution in [0.3, 0.4) is 0 Å². The van der Waals surface area contributed by atoms with Gasteiger partial charge in [-0.25, -0.2) is 9.37 Å². The molecule has 0 bridgehead atoms. The van der Waals surface area contributed by atoms with Gasteiger partial charge in [-0.2, -0.15) is 0 Å². The molecule has 0 radical (unpaired) electrons. The van der Waals surface area contributed by atoms with Crippen LogP contribution < -0.4 is 9.80 Å². The van der Waals surface area contributed by atoms with Crippen LogP contribution in [0.1, 0.15) is 21.5 Å². The van der Waals surface area contributed by atoms with E-state index in [0.29, 0.717) is 22.8 Å². The Morgan fingerprint density at radius 1 is 1.23 bits per heavy atom. The third-order valence-electron chi connectivity index (χ3n) is 4.29. The summed E-state index contributed by atoms with van der Waals surface area (Å²) in [7, 11) is 4.08. The Bertz CT molecular complexity index is 951. The summed E-state index contributed by atoms with van der Waals surface area (Å²) in [6, 6.07) is 10.7. The molecule has 1 N–H and O–H groups in total. The van der Waals surface area contributed by atoms with Crippen molar-refractivity contribution in [3.8, 4) is 0 Å². The summed E-state index contributed by atoms with van der Waals surface area (Å²) in [6.07, 6.45) is 0. The molecule has 26 heavy (non-hydrogen) atoms. The molecule has 4 nitrogen and oxygen atoms in total. The van der Waals surface area contributed by atoms with Gasteiger partial charge in [0.1, 0.15) is 11.3 Å². The second-order valence-electron chi connectivity index (χ2n) is 6.82. The molecule has 0 saturated heterocycles. The Morgan fingerprint density at radius 2 is 2.00 bits per heavy atom. The van der Waals surface area contributed by atoms with Gasteiger partial charge in [-0.3, -0.25) is 9.69 Å². The second-order valence-corrected chi connectivity index (χ2v) is 7.82. The molecular weight excluding hydrogens is 349 g/mol. The van der Waals surface area contributed by atoms with Crippen molar-refractivity contribution in [3.05, 3.63) is 58.9 Å². The van der Waals surface area contributed by atoms with Gasteiger partial charge in [0.05, 0.1) is 31.9 Å². The van der Waals surface area contributed by atoms with E-state index in [9.17, 15) is 9.18 Å². The van der Waals surface area contributed by atoms with E-state index in [0.717, 1.165) is 22.4 Å². The number of rotatable bonds is 5. The highest BCUT2D eigenvalue weighted by atomic mass is 32.1. The quantitative estimate of drug-likeness (QED) is 0.748. The van der Waals surface area contributed by atoms with Crippen LogP contribution in [0.2, 0.25) is 0 Å². The Labute approximate surface area is 156 Å². The lowest BCUT2D eigenvalue weighted by Gasteiger charge is -2.21. The number of para-hydroxylation sites is 1. The molecule has 0 spiro atoms. The molecular formula is C20H23FN3OS+. The summed E-state index contributed by atoms with van der Waals surface area (Å²) in [5.41, 5.74) is 2.95. The standard InChI is InChI=1S/C20H22FN3OS/c1-13-8-9-14(2)15(12-13)19(25)24(11-10-23(3)4)20-22-18-16(21)6-5-7-17(18)26-20/h5-9,12H,10-11H2,1-4H3/p+1. The first-order valence-corrected chi connectivity index (χ1v) is 9.41. The van der Waals surface area contributed by atoms with E-state index in [1.54, 1.807) is 11.0 Å². The summed E-state index contributed by atoms with van der Waals surface area (Å²) in [5.74, 6) is -0.450. The van der Waals surface area contributed by atoms with Crippen molar-refractivity contribution in [2.24, 2.45) is 0 Å². The smallest absolute Gasteiger partial charge is 0.260 e. The van der Waals surface area contributed by atoms with E-state index < -0.39 is 0 Å². The van der Waals surface area contributed by atoms with Crippen molar-refractivity contribution < 1.29 is 14.1 Å². The van der Waals surface area contributed by atoms with Gasteiger partial charge in [0.25, 0.3) is 5.91 Å².